The van der Waals surface area contributed by atoms with Gasteiger partial charge in [0.1, 0.15) is 17.0 Å². The predicted octanol–water partition coefficient (Wildman–Crippen LogP) is 3.36. The Hall–Kier alpha value is -2.01. The van der Waals surface area contributed by atoms with Crippen molar-refractivity contribution >= 4 is 27.4 Å². The van der Waals surface area contributed by atoms with E-state index in [-0.39, 0.29) is 0 Å². The molecule has 20 heavy (non-hydrogen) atoms. The SMILES string of the molecule is Cc1cnc(CCNc2ncnc3sccc23)c(C)c1. The second-order valence-electron chi connectivity index (χ2n) is 4.81. The van der Waals surface area contributed by atoms with Crippen molar-refractivity contribution in [3.05, 3.63) is 46.9 Å². The number of rotatable bonds is 4. The Morgan fingerprint density at radius 2 is 2.10 bits per heavy atom. The Kier molecular flexibility index (Phi) is 3.60. The fourth-order valence-electron chi connectivity index (χ4n) is 2.24. The molecule has 0 aliphatic heterocycles. The molecule has 0 aliphatic carbocycles. The highest BCUT2D eigenvalue weighted by Gasteiger charge is 2.05. The minimum absolute atomic E-state index is 0.818. The molecule has 102 valence electrons. The van der Waals surface area contributed by atoms with Gasteiger partial charge in [-0.2, -0.15) is 0 Å². The van der Waals surface area contributed by atoms with Gasteiger partial charge in [-0.3, -0.25) is 4.98 Å². The maximum absolute atomic E-state index is 4.49. The Labute approximate surface area is 121 Å². The third kappa shape index (κ3) is 2.63. The largest absolute Gasteiger partial charge is 0.369 e. The number of nitrogens with one attached hydrogen (secondary N) is 1. The molecular formula is C15H16N4S. The smallest absolute Gasteiger partial charge is 0.138 e. The first-order valence-electron chi connectivity index (χ1n) is 6.58. The summed E-state index contributed by atoms with van der Waals surface area (Å²) >= 11 is 1.63. The Balaban J connectivity index is 1.69. The zero-order valence-corrected chi connectivity index (χ0v) is 12.4. The van der Waals surface area contributed by atoms with Crippen LogP contribution in [0.2, 0.25) is 0 Å². The van der Waals surface area contributed by atoms with Crippen LogP contribution in [-0.4, -0.2) is 21.5 Å². The number of anilines is 1. The number of aromatic nitrogens is 3. The molecule has 5 heteroatoms. The van der Waals surface area contributed by atoms with Crippen LogP contribution in [0.4, 0.5) is 5.82 Å². The van der Waals surface area contributed by atoms with E-state index < -0.39 is 0 Å². The Morgan fingerprint density at radius 1 is 1.20 bits per heavy atom. The maximum Gasteiger partial charge on any atom is 0.138 e. The lowest BCUT2D eigenvalue weighted by Crippen LogP contribution is -2.08. The van der Waals surface area contributed by atoms with Crippen LogP contribution in [0.5, 0.6) is 0 Å². The molecule has 0 fully saturated rings. The number of thiophene rings is 1. The molecule has 0 saturated carbocycles. The fourth-order valence-corrected chi connectivity index (χ4v) is 2.97. The summed E-state index contributed by atoms with van der Waals surface area (Å²) in [4.78, 5) is 14.1. The topological polar surface area (TPSA) is 50.7 Å². The van der Waals surface area contributed by atoms with Gasteiger partial charge in [0, 0.05) is 24.9 Å². The van der Waals surface area contributed by atoms with Crippen LogP contribution in [0.1, 0.15) is 16.8 Å². The summed E-state index contributed by atoms with van der Waals surface area (Å²) in [5.41, 5.74) is 3.59. The van der Waals surface area contributed by atoms with Gasteiger partial charge in [0.05, 0.1) is 5.39 Å². The van der Waals surface area contributed by atoms with Crippen molar-refractivity contribution in [2.45, 2.75) is 20.3 Å². The lowest BCUT2D eigenvalue weighted by atomic mass is 10.1. The van der Waals surface area contributed by atoms with E-state index in [2.05, 4.69) is 46.2 Å². The van der Waals surface area contributed by atoms with Crippen molar-refractivity contribution in [1.82, 2.24) is 15.0 Å². The van der Waals surface area contributed by atoms with Gasteiger partial charge in [0.2, 0.25) is 0 Å². The first kappa shape index (κ1) is 13.0. The number of pyridine rings is 1. The van der Waals surface area contributed by atoms with E-state index in [4.69, 9.17) is 0 Å². The van der Waals surface area contributed by atoms with E-state index in [1.807, 2.05) is 11.6 Å². The van der Waals surface area contributed by atoms with Gasteiger partial charge in [-0.05, 0) is 36.4 Å². The van der Waals surface area contributed by atoms with E-state index >= 15 is 0 Å². The van der Waals surface area contributed by atoms with Crippen LogP contribution < -0.4 is 5.32 Å². The third-order valence-corrected chi connectivity index (χ3v) is 4.06. The number of aryl methyl sites for hydroxylation is 2. The van der Waals surface area contributed by atoms with Gasteiger partial charge in [0.15, 0.2) is 0 Å². The molecule has 0 unspecified atom stereocenters. The van der Waals surface area contributed by atoms with Crippen LogP contribution >= 0.6 is 11.3 Å². The molecule has 3 aromatic rings. The van der Waals surface area contributed by atoms with E-state index in [0.717, 1.165) is 34.7 Å². The molecule has 0 spiro atoms. The predicted molar refractivity (Wildman–Crippen MR) is 83.3 cm³/mol. The standard InChI is InChI=1S/C15H16N4S/c1-10-7-11(2)13(17-8-10)3-5-16-14-12-4-6-20-15(12)19-9-18-14/h4,6-9H,3,5H2,1-2H3,(H,16,18,19). The van der Waals surface area contributed by atoms with Crippen LogP contribution in [0, 0.1) is 13.8 Å². The molecule has 0 radical (unpaired) electrons. The highest BCUT2D eigenvalue weighted by atomic mass is 32.1. The zero-order chi connectivity index (χ0) is 13.9. The lowest BCUT2D eigenvalue weighted by molar-refractivity contribution is 0.934. The summed E-state index contributed by atoms with van der Waals surface area (Å²) in [5.74, 6) is 0.904. The van der Waals surface area contributed by atoms with Crippen molar-refractivity contribution < 1.29 is 0 Å². The van der Waals surface area contributed by atoms with Crippen molar-refractivity contribution in [2.24, 2.45) is 0 Å². The molecule has 1 N–H and O–H groups in total. The van der Waals surface area contributed by atoms with E-state index in [1.165, 1.54) is 11.1 Å². The fraction of sp³-hybridized carbons (Fsp3) is 0.267. The van der Waals surface area contributed by atoms with Crippen LogP contribution in [0.3, 0.4) is 0 Å². The summed E-state index contributed by atoms with van der Waals surface area (Å²) in [6.45, 7) is 4.99. The van der Waals surface area contributed by atoms with Crippen molar-refractivity contribution in [3.8, 4) is 0 Å². The minimum Gasteiger partial charge on any atom is -0.369 e. The van der Waals surface area contributed by atoms with Crippen molar-refractivity contribution in [3.63, 3.8) is 0 Å². The molecular weight excluding hydrogens is 268 g/mol. The van der Waals surface area contributed by atoms with Gasteiger partial charge in [0.25, 0.3) is 0 Å². The summed E-state index contributed by atoms with van der Waals surface area (Å²) in [7, 11) is 0. The van der Waals surface area contributed by atoms with Crippen LogP contribution in [0.25, 0.3) is 10.2 Å². The van der Waals surface area contributed by atoms with Gasteiger partial charge < -0.3 is 5.32 Å². The normalized spacial score (nSPS) is 10.9. The van der Waals surface area contributed by atoms with Gasteiger partial charge in [-0.1, -0.05) is 6.07 Å². The average Bonchev–Trinajstić information content (AvgIpc) is 2.90. The van der Waals surface area contributed by atoms with E-state index in [9.17, 15) is 0 Å². The minimum atomic E-state index is 0.818. The summed E-state index contributed by atoms with van der Waals surface area (Å²) < 4.78 is 0. The molecule has 0 saturated heterocycles. The Morgan fingerprint density at radius 3 is 2.95 bits per heavy atom. The molecule has 0 amide bonds. The highest BCUT2D eigenvalue weighted by Crippen LogP contribution is 2.23. The van der Waals surface area contributed by atoms with Gasteiger partial charge in [-0.25, -0.2) is 9.97 Å². The monoisotopic (exact) mass is 284 g/mol. The van der Waals surface area contributed by atoms with Gasteiger partial charge >= 0.3 is 0 Å². The summed E-state index contributed by atoms with van der Waals surface area (Å²) in [6, 6.07) is 4.22. The van der Waals surface area contributed by atoms with Crippen LogP contribution in [-0.2, 0) is 6.42 Å². The summed E-state index contributed by atoms with van der Waals surface area (Å²) in [5, 5.41) is 6.51. The zero-order valence-electron chi connectivity index (χ0n) is 11.6. The number of hydrogen-bond donors (Lipinski definition) is 1. The molecule has 0 atom stereocenters. The molecule has 0 aliphatic rings. The first-order chi connectivity index (χ1) is 9.74. The second kappa shape index (κ2) is 5.54. The maximum atomic E-state index is 4.49. The van der Waals surface area contributed by atoms with Crippen molar-refractivity contribution in [1.29, 1.82) is 0 Å². The molecule has 3 aromatic heterocycles. The third-order valence-electron chi connectivity index (χ3n) is 3.24. The molecule has 3 heterocycles. The number of fused-ring (bicyclic) bond motifs is 1. The summed E-state index contributed by atoms with van der Waals surface area (Å²) in [6.07, 6.45) is 4.42. The lowest BCUT2D eigenvalue weighted by Gasteiger charge is -2.08. The number of nitrogens with zero attached hydrogens (tertiary/aromatic N) is 3. The number of hydrogen-bond acceptors (Lipinski definition) is 5. The molecule has 0 aromatic carbocycles. The second-order valence-corrected chi connectivity index (χ2v) is 5.71. The highest BCUT2D eigenvalue weighted by molar-refractivity contribution is 7.16. The Bertz CT molecular complexity index is 736. The van der Waals surface area contributed by atoms with E-state index in [0.29, 0.717) is 0 Å². The van der Waals surface area contributed by atoms with E-state index in [1.54, 1.807) is 17.7 Å². The van der Waals surface area contributed by atoms with Crippen LogP contribution in [0.15, 0.2) is 30.0 Å². The molecule has 0 bridgehead atoms. The average molecular weight is 284 g/mol. The first-order valence-corrected chi connectivity index (χ1v) is 7.46. The molecule has 3 rings (SSSR count). The van der Waals surface area contributed by atoms with Crippen molar-refractivity contribution in [2.75, 3.05) is 11.9 Å². The molecule has 4 nitrogen and oxygen atoms in total. The quantitative estimate of drug-likeness (QED) is 0.798. The van der Waals surface area contributed by atoms with Gasteiger partial charge in [-0.15, -0.1) is 11.3 Å².